The van der Waals surface area contributed by atoms with Crippen LogP contribution in [0.25, 0.3) is 11.0 Å². The minimum Gasteiger partial charge on any atom is -0.481 e. The van der Waals surface area contributed by atoms with Crippen LogP contribution in [0.15, 0.2) is 24.4 Å². The average Bonchev–Trinajstić information content (AvgIpc) is 2.94. The number of hydrogen-bond acceptors (Lipinski definition) is 5. The first-order chi connectivity index (χ1) is 9.31. The third-order valence-corrected chi connectivity index (χ3v) is 3.71. The van der Waals surface area contributed by atoms with Gasteiger partial charge in [-0.1, -0.05) is 0 Å². The van der Waals surface area contributed by atoms with Gasteiger partial charge in [0.25, 0.3) is 0 Å². The highest BCUT2D eigenvalue weighted by molar-refractivity contribution is 5.88. The molecule has 100 valence electrons. The van der Waals surface area contributed by atoms with Crippen LogP contribution >= 0.6 is 0 Å². The Balaban J connectivity index is 2.03. The lowest BCUT2D eigenvalue weighted by Crippen LogP contribution is -2.23. The molecule has 1 aliphatic heterocycles. The maximum atomic E-state index is 5.76. The molecule has 2 N–H and O–H groups in total. The Morgan fingerprint density at radius 2 is 2.32 bits per heavy atom. The van der Waals surface area contributed by atoms with Crippen molar-refractivity contribution in [2.24, 2.45) is 11.7 Å². The summed E-state index contributed by atoms with van der Waals surface area (Å²) in [5, 5.41) is 0. The van der Waals surface area contributed by atoms with Gasteiger partial charge in [-0.3, -0.25) is 4.98 Å². The summed E-state index contributed by atoms with van der Waals surface area (Å²) in [5.74, 6) is 1.20. The first-order valence-electron chi connectivity index (χ1n) is 6.56. The molecule has 0 aromatic carbocycles. The molecule has 19 heavy (non-hydrogen) atoms. The zero-order valence-electron chi connectivity index (χ0n) is 11.0. The molecule has 0 unspecified atom stereocenters. The van der Waals surface area contributed by atoms with Crippen molar-refractivity contribution in [2.75, 3.05) is 31.6 Å². The third kappa shape index (κ3) is 2.21. The van der Waals surface area contributed by atoms with Crippen molar-refractivity contribution in [1.82, 2.24) is 9.97 Å². The minimum atomic E-state index is 0.578. The molecule has 0 spiro atoms. The molecule has 0 saturated carbocycles. The van der Waals surface area contributed by atoms with Gasteiger partial charge in [-0.25, -0.2) is 4.98 Å². The molecule has 3 rings (SSSR count). The van der Waals surface area contributed by atoms with Gasteiger partial charge in [0, 0.05) is 25.4 Å². The van der Waals surface area contributed by atoms with Crippen LogP contribution in [0.3, 0.4) is 0 Å². The van der Waals surface area contributed by atoms with Gasteiger partial charge in [0.1, 0.15) is 5.52 Å². The molecule has 1 atom stereocenters. The highest BCUT2D eigenvalue weighted by Gasteiger charge is 2.23. The largest absolute Gasteiger partial charge is 0.481 e. The SMILES string of the molecule is COc1ccc2nccc(N3CC[C@H](CN)C3)c2n1. The average molecular weight is 258 g/mol. The molecule has 1 aliphatic rings. The molecule has 1 fully saturated rings. The fourth-order valence-electron chi connectivity index (χ4n) is 2.61. The molecular formula is C14H18N4O. The van der Waals surface area contributed by atoms with Crippen LogP contribution < -0.4 is 15.4 Å². The molecule has 3 heterocycles. The number of pyridine rings is 2. The quantitative estimate of drug-likeness (QED) is 0.902. The van der Waals surface area contributed by atoms with Gasteiger partial charge in [-0.2, -0.15) is 0 Å². The summed E-state index contributed by atoms with van der Waals surface area (Å²) in [6.07, 6.45) is 2.98. The maximum Gasteiger partial charge on any atom is 0.213 e. The second kappa shape index (κ2) is 5.01. The third-order valence-electron chi connectivity index (χ3n) is 3.71. The van der Waals surface area contributed by atoms with Gasteiger partial charge in [0.05, 0.1) is 18.3 Å². The molecular weight excluding hydrogens is 240 g/mol. The number of methoxy groups -OCH3 is 1. The highest BCUT2D eigenvalue weighted by Crippen LogP contribution is 2.29. The fraction of sp³-hybridized carbons (Fsp3) is 0.429. The summed E-state index contributed by atoms with van der Waals surface area (Å²) in [4.78, 5) is 11.2. The minimum absolute atomic E-state index is 0.578. The van der Waals surface area contributed by atoms with Crippen LogP contribution in [0.4, 0.5) is 5.69 Å². The van der Waals surface area contributed by atoms with Crippen LogP contribution in [0.2, 0.25) is 0 Å². The smallest absolute Gasteiger partial charge is 0.213 e. The molecule has 0 radical (unpaired) electrons. The summed E-state index contributed by atoms with van der Waals surface area (Å²) in [6, 6.07) is 5.81. The summed E-state index contributed by atoms with van der Waals surface area (Å²) in [7, 11) is 1.63. The molecule has 5 heteroatoms. The number of hydrogen-bond donors (Lipinski definition) is 1. The number of nitrogens with zero attached hydrogens (tertiary/aromatic N) is 3. The van der Waals surface area contributed by atoms with E-state index in [1.165, 1.54) is 0 Å². The second-order valence-corrected chi connectivity index (χ2v) is 4.89. The number of ether oxygens (including phenoxy) is 1. The molecule has 2 aromatic rings. The van der Waals surface area contributed by atoms with E-state index >= 15 is 0 Å². The molecule has 5 nitrogen and oxygen atoms in total. The normalized spacial score (nSPS) is 19.1. The van der Waals surface area contributed by atoms with Crippen LogP contribution in [-0.2, 0) is 0 Å². The van der Waals surface area contributed by atoms with E-state index < -0.39 is 0 Å². The lowest BCUT2D eigenvalue weighted by Gasteiger charge is -2.19. The monoisotopic (exact) mass is 258 g/mol. The van der Waals surface area contributed by atoms with Gasteiger partial charge in [-0.15, -0.1) is 0 Å². The predicted molar refractivity (Wildman–Crippen MR) is 75.5 cm³/mol. The highest BCUT2D eigenvalue weighted by atomic mass is 16.5. The number of nitrogens with two attached hydrogens (primary N) is 1. The summed E-state index contributed by atoms with van der Waals surface area (Å²) >= 11 is 0. The number of aromatic nitrogens is 2. The van der Waals surface area contributed by atoms with Crippen LogP contribution in [0.1, 0.15) is 6.42 Å². The van der Waals surface area contributed by atoms with E-state index in [0.29, 0.717) is 11.8 Å². The van der Waals surface area contributed by atoms with Crippen molar-refractivity contribution in [1.29, 1.82) is 0 Å². The van der Waals surface area contributed by atoms with Crippen molar-refractivity contribution < 1.29 is 4.74 Å². The van der Waals surface area contributed by atoms with E-state index in [1.54, 1.807) is 7.11 Å². The maximum absolute atomic E-state index is 5.76. The van der Waals surface area contributed by atoms with E-state index in [4.69, 9.17) is 10.5 Å². The van der Waals surface area contributed by atoms with Crippen molar-refractivity contribution in [2.45, 2.75) is 6.42 Å². The first-order valence-corrected chi connectivity index (χ1v) is 6.56. The van der Waals surface area contributed by atoms with Crippen LogP contribution in [0.5, 0.6) is 5.88 Å². The Morgan fingerprint density at radius 3 is 3.05 bits per heavy atom. The molecule has 0 aliphatic carbocycles. The van der Waals surface area contributed by atoms with E-state index in [1.807, 2.05) is 24.4 Å². The number of anilines is 1. The summed E-state index contributed by atoms with van der Waals surface area (Å²) < 4.78 is 5.20. The zero-order valence-corrected chi connectivity index (χ0v) is 11.0. The van der Waals surface area contributed by atoms with Gasteiger partial charge in [0.2, 0.25) is 5.88 Å². The Kier molecular flexibility index (Phi) is 3.21. The number of rotatable bonds is 3. The van der Waals surface area contributed by atoms with Crippen molar-refractivity contribution in [3.63, 3.8) is 0 Å². The van der Waals surface area contributed by atoms with Crippen LogP contribution in [0, 0.1) is 5.92 Å². The molecule has 0 bridgehead atoms. The summed E-state index contributed by atoms with van der Waals surface area (Å²) in [6.45, 7) is 2.77. The van der Waals surface area contributed by atoms with Crippen molar-refractivity contribution >= 4 is 16.7 Å². The van der Waals surface area contributed by atoms with Gasteiger partial charge in [0.15, 0.2) is 0 Å². The first kappa shape index (κ1) is 12.2. The van der Waals surface area contributed by atoms with Gasteiger partial charge >= 0.3 is 0 Å². The Morgan fingerprint density at radius 1 is 1.42 bits per heavy atom. The van der Waals surface area contributed by atoms with E-state index in [2.05, 4.69) is 14.9 Å². The van der Waals surface area contributed by atoms with Crippen molar-refractivity contribution in [3.05, 3.63) is 24.4 Å². The van der Waals surface area contributed by atoms with Gasteiger partial charge in [-0.05, 0) is 31.0 Å². The number of fused-ring (bicyclic) bond motifs is 1. The van der Waals surface area contributed by atoms with E-state index in [9.17, 15) is 0 Å². The zero-order chi connectivity index (χ0) is 13.2. The fourth-order valence-corrected chi connectivity index (χ4v) is 2.61. The second-order valence-electron chi connectivity index (χ2n) is 4.89. The lowest BCUT2D eigenvalue weighted by molar-refractivity contribution is 0.399. The van der Waals surface area contributed by atoms with E-state index in [-0.39, 0.29) is 0 Å². The Labute approximate surface area is 112 Å². The molecule has 2 aromatic heterocycles. The lowest BCUT2D eigenvalue weighted by atomic mass is 10.1. The van der Waals surface area contributed by atoms with Gasteiger partial charge < -0.3 is 15.4 Å². The van der Waals surface area contributed by atoms with E-state index in [0.717, 1.165) is 42.8 Å². The Hall–Kier alpha value is -1.88. The van der Waals surface area contributed by atoms with Crippen LogP contribution in [-0.4, -0.2) is 36.7 Å². The standard InChI is InChI=1S/C14H18N4O/c1-19-13-3-2-11-14(17-13)12(4-6-16-11)18-7-5-10(8-15)9-18/h2-4,6,10H,5,7-9,15H2,1H3/t10-/m1/s1. The topological polar surface area (TPSA) is 64.3 Å². The Bertz CT molecular complexity index is 587. The summed E-state index contributed by atoms with van der Waals surface area (Å²) in [5.41, 5.74) is 8.68. The predicted octanol–water partition coefficient (Wildman–Crippen LogP) is 1.42. The molecule has 1 saturated heterocycles. The van der Waals surface area contributed by atoms with Crippen molar-refractivity contribution in [3.8, 4) is 5.88 Å². The molecule has 0 amide bonds.